The molecule has 2 aliphatic rings. The summed E-state index contributed by atoms with van der Waals surface area (Å²) in [5, 5.41) is 13.1. The first-order valence-corrected chi connectivity index (χ1v) is 13.3. The molecular weight excluding hydrogens is 570 g/mol. The van der Waals surface area contributed by atoms with Gasteiger partial charge < -0.3 is 25.8 Å². The lowest BCUT2D eigenvalue weighted by Gasteiger charge is -2.39. The van der Waals surface area contributed by atoms with Crippen molar-refractivity contribution in [1.29, 1.82) is 0 Å². The van der Waals surface area contributed by atoms with Crippen LogP contribution in [0.5, 0.6) is 5.88 Å². The van der Waals surface area contributed by atoms with Crippen LogP contribution in [-0.2, 0) is 4.79 Å². The van der Waals surface area contributed by atoms with E-state index in [4.69, 9.17) is 33.7 Å². The molecule has 4 N–H and O–H groups in total. The number of nitrogens with two attached hydrogens (primary N) is 1. The van der Waals surface area contributed by atoms with Gasteiger partial charge in [-0.2, -0.15) is 23.1 Å². The highest BCUT2D eigenvalue weighted by Crippen LogP contribution is 2.43. The van der Waals surface area contributed by atoms with Crippen LogP contribution >= 0.6 is 23.2 Å². The Bertz CT molecular complexity index is 1400. The van der Waals surface area contributed by atoms with Crippen molar-refractivity contribution in [3.8, 4) is 17.0 Å². The van der Waals surface area contributed by atoms with Crippen molar-refractivity contribution in [2.24, 2.45) is 5.41 Å². The molecule has 5 rings (SSSR count). The lowest BCUT2D eigenvalue weighted by atomic mass is 9.76. The topological polar surface area (TPSA) is 114 Å². The fourth-order valence-corrected chi connectivity index (χ4v) is 5.70. The van der Waals surface area contributed by atoms with Crippen LogP contribution in [0, 0.1) is 5.41 Å². The number of carboxylic acid groups (broad SMARTS) is 1. The normalized spacial score (nSPS) is 19.5. The van der Waals surface area contributed by atoms with Gasteiger partial charge in [0.2, 0.25) is 17.9 Å². The molecule has 0 amide bonds. The Morgan fingerprint density at radius 2 is 1.77 bits per heavy atom. The van der Waals surface area contributed by atoms with Crippen molar-refractivity contribution in [3.05, 3.63) is 64.1 Å². The number of halogens is 5. The lowest BCUT2D eigenvalue weighted by Crippen LogP contribution is -2.41. The van der Waals surface area contributed by atoms with Gasteiger partial charge in [0, 0.05) is 41.3 Å². The fourth-order valence-electron chi connectivity index (χ4n) is 5.40. The minimum atomic E-state index is -4.80. The number of piperidine rings is 1. The average Bonchev–Trinajstić information content (AvgIpc) is 3.31. The van der Waals surface area contributed by atoms with Crippen molar-refractivity contribution in [3.63, 3.8) is 0 Å². The number of rotatable bonds is 6. The van der Waals surface area contributed by atoms with Gasteiger partial charge in [-0.15, -0.1) is 0 Å². The fraction of sp³-hybridized carbons (Fsp3) is 0.370. The van der Waals surface area contributed by atoms with E-state index in [1.165, 1.54) is 24.3 Å². The summed E-state index contributed by atoms with van der Waals surface area (Å²) < 4.78 is 48.9. The number of nitrogen functional groups attached to an aromatic ring is 1. The molecular formula is C27H26Cl2F3N5O3. The molecule has 1 spiro atoms. The van der Waals surface area contributed by atoms with Crippen LogP contribution in [0.2, 0.25) is 10.0 Å². The second-order valence-corrected chi connectivity index (χ2v) is 11.0. The lowest BCUT2D eigenvalue weighted by molar-refractivity contribution is -0.198. The van der Waals surface area contributed by atoms with E-state index in [-0.39, 0.29) is 33.4 Å². The maximum absolute atomic E-state index is 14.5. The quantitative estimate of drug-likeness (QED) is 0.330. The summed E-state index contributed by atoms with van der Waals surface area (Å²) in [4.78, 5) is 21.4. The molecule has 3 aromatic rings. The third-order valence-corrected chi connectivity index (χ3v) is 7.99. The molecule has 2 saturated heterocycles. The summed E-state index contributed by atoms with van der Waals surface area (Å²) >= 11 is 12.1. The molecule has 13 heteroatoms. The second kappa shape index (κ2) is 10.9. The maximum atomic E-state index is 14.5. The number of nitrogens with zero attached hydrogens (tertiary/aromatic N) is 3. The van der Waals surface area contributed by atoms with Crippen molar-refractivity contribution in [1.82, 2.24) is 15.3 Å². The molecule has 2 fully saturated rings. The molecule has 2 aromatic carbocycles. The van der Waals surface area contributed by atoms with Crippen LogP contribution < -0.4 is 20.7 Å². The second-order valence-electron chi connectivity index (χ2n) is 10.2. The number of hydrogen-bond acceptors (Lipinski definition) is 7. The van der Waals surface area contributed by atoms with E-state index in [0.717, 1.165) is 0 Å². The highest BCUT2D eigenvalue weighted by molar-refractivity contribution is 6.31. The average molecular weight is 596 g/mol. The van der Waals surface area contributed by atoms with Crippen LogP contribution in [0.4, 0.5) is 24.9 Å². The zero-order valence-corrected chi connectivity index (χ0v) is 22.6. The van der Waals surface area contributed by atoms with Gasteiger partial charge in [0.25, 0.3) is 0 Å². The molecule has 8 nitrogen and oxygen atoms in total. The number of anilines is 2. The highest BCUT2D eigenvalue weighted by atomic mass is 35.5. The molecule has 2 aliphatic heterocycles. The van der Waals surface area contributed by atoms with E-state index >= 15 is 0 Å². The van der Waals surface area contributed by atoms with E-state index in [1.807, 2.05) is 4.90 Å². The molecule has 0 radical (unpaired) electrons. The molecule has 3 heterocycles. The smallest absolute Gasteiger partial charge is 0.429 e. The number of ether oxygens (including phenoxy) is 1. The summed E-state index contributed by atoms with van der Waals surface area (Å²) in [5.41, 5.74) is 6.31. The van der Waals surface area contributed by atoms with E-state index in [9.17, 15) is 23.1 Å². The van der Waals surface area contributed by atoms with Gasteiger partial charge in [0.15, 0.2) is 0 Å². The zero-order chi connectivity index (χ0) is 28.7. The minimum absolute atomic E-state index is 0.147. The maximum Gasteiger partial charge on any atom is 0.429 e. The van der Waals surface area contributed by atoms with Gasteiger partial charge >= 0.3 is 12.1 Å². The molecule has 1 unspecified atom stereocenters. The van der Waals surface area contributed by atoms with Crippen molar-refractivity contribution in [2.45, 2.75) is 37.6 Å². The Kier molecular flexibility index (Phi) is 7.73. The summed E-state index contributed by atoms with van der Waals surface area (Å²) in [6.45, 7) is 1.66. The first-order chi connectivity index (χ1) is 18.9. The van der Waals surface area contributed by atoms with Gasteiger partial charge in [-0.1, -0.05) is 41.4 Å². The molecule has 0 aliphatic carbocycles. The van der Waals surface area contributed by atoms with E-state index in [0.29, 0.717) is 55.3 Å². The Morgan fingerprint density at radius 3 is 2.40 bits per heavy atom. The van der Waals surface area contributed by atoms with Crippen molar-refractivity contribution < 1.29 is 27.8 Å². The first kappa shape index (κ1) is 28.3. The van der Waals surface area contributed by atoms with Gasteiger partial charge in [-0.25, -0.2) is 0 Å². The van der Waals surface area contributed by atoms with Crippen LogP contribution in [0.25, 0.3) is 11.1 Å². The number of aromatic nitrogens is 2. The van der Waals surface area contributed by atoms with Gasteiger partial charge in [-0.05, 0) is 60.1 Å². The third kappa shape index (κ3) is 6.06. The summed E-state index contributed by atoms with van der Waals surface area (Å²) in [7, 11) is 0. The number of alkyl halides is 3. The monoisotopic (exact) mass is 595 g/mol. The van der Waals surface area contributed by atoms with Gasteiger partial charge in [-0.3, -0.25) is 4.79 Å². The number of benzene rings is 2. The summed E-state index contributed by atoms with van der Waals surface area (Å²) in [6.07, 6.45) is -5.25. The standard InChI is InChI=1S/C27H26Cl2F3N5O3/c28-16-3-1-15(2-4-16)19-11-17(29)5-6-18(19)23(27(30,31)32)40-22-12-21(35-25(33)36-22)37-9-7-26(8-10-37)13-20(24(38)39)34-14-26/h1-6,11-12,20,23,34H,7-10,13-14H2,(H,38,39)(H2,33,35,36)/t20-,23?/m0/s1. The number of carboxylic acids is 1. The molecule has 0 saturated carbocycles. The van der Waals surface area contributed by atoms with Gasteiger partial charge in [0.1, 0.15) is 11.9 Å². The van der Waals surface area contributed by atoms with Crippen LogP contribution in [0.1, 0.15) is 30.9 Å². The Hall–Kier alpha value is -3.28. The van der Waals surface area contributed by atoms with Crippen molar-refractivity contribution in [2.75, 3.05) is 30.3 Å². The Morgan fingerprint density at radius 1 is 1.10 bits per heavy atom. The predicted octanol–water partition coefficient (Wildman–Crippen LogP) is 5.75. The Balaban J connectivity index is 1.41. The number of aliphatic carboxylic acids is 1. The van der Waals surface area contributed by atoms with E-state index < -0.39 is 24.3 Å². The predicted molar refractivity (Wildman–Crippen MR) is 146 cm³/mol. The van der Waals surface area contributed by atoms with Crippen LogP contribution in [0.15, 0.2) is 48.5 Å². The molecule has 212 valence electrons. The van der Waals surface area contributed by atoms with Crippen molar-refractivity contribution >= 4 is 40.9 Å². The number of hydrogen-bond donors (Lipinski definition) is 3. The number of carbonyl (C=O) groups is 1. The first-order valence-electron chi connectivity index (χ1n) is 12.6. The molecule has 0 bridgehead atoms. The third-order valence-electron chi connectivity index (χ3n) is 7.50. The zero-order valence-electron chi connectivity index (χ0n) is 21.1. The highest BCUT2D eigenvalue weighted by Gasteiger charge is 2.46. The van der Waals surface area contributed by atoms with E-state index in [2.05, 4.69) is 15.3 Å². The molecule has 40 heavy (non-hydrogen) atoms. The van der Waals surface area contributed by atoms with E-state index in [1.54, 1.807) is 24.3 Å². The van der Waals surface area contributed by atoms with Gasteiger partial charge in [0.05, 0.1) is 0 Å². The number of nitrogens with one attached hydrogen (secondary N) is 1. The largest absolute Gasteiger partial charge is 0.480 e. The molecule has 2 atom stereocenters. The Labute approximate surface area is 238 Å². The molecule has 1 aromatic heterocycles. The van der Waals surface area contributed by atoms with Crippen LogP contribution in [0.3, 0.4) is 0 Å². The summed E-state index contributed by atoms with van der Waals surface area (Å²) in [6, 6.07) is 11.2. The summed E-state index contributed by atoms with van der Waals surface area (Å²) in [5.74, 6) is -1.08. The minimum Gasteiger partial charge on any atom is -0.480 e. The van der Waals surface area contributed by atoms with Crippen LogP contribution in [-0.4, -0.2) is 52.9 Å². The SMILES string of the molecule is Nc1nc(OC(c2ccc(Cl)cc2-c2ccc(Cl)cc2)C(F)(F)F)cc(N2CCC3(CC2)CN[C@H](C(=O)O)C3)n1.